The Bertz CT molecular complexity index is 617. The first kappa shape index (κ1) is 16.6. The monoisotopic (exact) mass is 322 g/mol. The van der Waals surface area contributed by atoms with Gasteiger partial charge in [-0.15, -0.1) is 0 Å². The zero-order valence-corrected chi connectivity index (χ0v) is 12.7. The number of ketones is 1. The van der Waals surface area contributed by atoms with E-state index in [9.17, 15) is 13.6 Å². The molecule has 0 aliphatic rings. The van der Waals surface area contributed by atoms with Crippen molar-refractivity contribution in [1.82, 2.24) is 0 Å². The molecule has 22 heavy (non-hydrogen) atoms. The number of ether oxygens (including phenoxy) is 1. The quantitative estimate of drug-likeness (QED) is 0.541. The van der Waals surface area contributed by atoms with Crippen LogP contribution in [0.25, 0.3) is 0 Å². The largest absolute Gasteiger partial charge is 0.376 e. The second-order valence-electron chi connectivity index (χ2n) is 4.64. The Morgan fingerprint density at radius 1 is 1.09 bits per heavy atom. The van der Waals surface area contributed by atoms with E-state index in [2.05, 4.69) is 0 Å². The van der Waals surface area contributed by atoms with E-state index in [0.717, 1.165) is 17.7 Å². The maximum atomic E-state index is 13.4. The van der Waals surface area contributed by atoms with E-state index in [-0.39, 0.29) is 17.1 Å². The molecule has 0 saturated heterocycles. The minimum atomic E-state index is -0.814. The van der Waals surface area contributed by atoms with Gasteiger partial charge in [0.15, 0.2) is 5.78 Å². The van der Waals surface area contributed by atoms with Gasteiger partial charge in [0.25, 0.3) is 0 Å². The molecule has 0 aliphatic heterocycles. The summed E-state index contributed by atoms with van der Waals surface area (Å²) in [5, 5.41) is 0. The van der Waals surface area contributed by atoms with Crippen LogP contribution < -0.4 is 0 Å². The topological polar surface area (TPSA) is 26.3 Å². The molecule has 0 N–H and O–H groups in total. The van der Waals surface area contributed by atoms with Crippen LogP contribution in [-0.2, 0) is 11.3 Å². The van der Waals surface area contributed by atoms with Crippen LogP contribution in [-0.4, -0.2) is 23.9 Å². The van der Waals surface area contributed by atoms with Crippen LogP contribution in [0.5, 0.6) is 0 Å². The maximum absolute atomic E-state index is 13.4. The summed E-state index contributed by atoms with van der Waals surface area (Å²) in [6.07, 6.45) is 0. The van der Waals surface area contributed by atoms with Crippen LogP contribution in [0.3, 0.4) is 0 Å². The maximum Gasteiger partial charge on any atom is 0.175 e. The first-order valence-electron chi connectivity index (χ1n) is 6.84. The zero-order valence-electron chi connectivity index (χ0n) is 11.9. The van der Waals surface area contributed by atoms with Crippen molar-refractivity contribution in [1.29, 1.82) is 0 Å². The molecule has 116 valence electrons. The predicted octanol–water partition coefficient (Wildman–Crippen LogP) is 4.10. The lowest BCUT2D eigenvalue weighted by molar-refractivity contribution is 0.101. The van der Waals surface area contributed by atoms with Gasteiger partial charge in [0.2, 0.25) is 0 Å². The molecule has 0 aliphatic carbocycles. The van der Waals surface area contributed by atoms with Crippen molar-refractivity contribution in [3.63, 3.8) is 0 Å². The molecule has 2 rings (SSSR count). The summed E-state index contributed by atoms with van der Waals surface area (Å²) in [5.74, 6) is -1.05. The number of Topliss-reactive ketones (excluding diaryl/α,β-unsaturated/α-hetero) is 1. The van der Waals surface area contributed by atoms with Gasteiger partial charge in [0.05, 0.1) is 24.5 Å². The zero-order chi connectivity index (χ0) is 15.8. The number of benzene rings is 2. The van der Waals surface area contributed by atoms with Crippen molar-refractivity contribution in [2.24, 2.45) is 0 Å². The number of hydrogen-bond donors (Lipinski definition) is 0. The van der Waals surface area contributed by atoms with Crippen LogP contribution in [0.1, 0.15) is 15.9 Å². The summed E-state index contributed by atoms with van der Waals surface area (Å²) in [4.78, 5) is 11.8. The molecule has 2 nitrogen and oxygen atoms in total. The van der Waals surface area contributed by atoms with Crippen molar-refractivity contribution < 1.29 is 18.3 Å². The first-order valence-corrected chi connectivity index (χ1v) is 8.00. The summed E-state index contributed by atoms with van der Waals surface area (Å²) in [5.41, 5.74) is 1.02. The summed E-state index contributed by atoms with van der Waals surface area (Å²) in [7, 11) is 0. The number of carbonyl (C=O) groups excluding carboxylic acids is 1. The summed E-state index contributed by atoms with van der Waals surface area (Å²) in [6.45, 7) is 1.04. The SMILES string of the molecule is O=C(CSCCOCc1ccccc1)c1ccc(F)cc1F. The third-order valence-corrected chi connectivity index (χ3v) is 3.87. The second-order valence-corrected chi connectivity index (χ2v) is 5.74. The van der Waals surface area contributed by atoms with Crippen LogP contribution in [0.4, 0.5) is 8.78 Å². The standard InChI is InChI=1S/C17H16F2O2S/c18-14-6-7-15(16(19)10-14)17(20)12-22-9-8-21-11-13-4-2-1-3-5-13/h1-7,10H,8-9,11-12H2. The molecule has 0 bridgehead atoms. The summed E-state index contributed by atoms with van der Waals surface area (Å²) >= 11 is 1.37. The fraction of sp³-hybridized carbons (Fsp3) is 0.235. The van der Waals surface area contributed by atoms with Gasteiger partial charge in [0, 0.05) is 11.8 Å². The van der Waals surface area contributed by atoms with Crippen molar-refractivity contribution in [3.05, 3.63) is 71.3 Å². The fourth-order valence-electron chi connectivity index (χ4n) is 1.84. The van der Waals surface area contributed by atoms with Crippen molar-refractivity contribution >= 4 is 17.5 Å². The van der Waals surface area contributed by atoms with E-state index in [4.69, 9.17) is 4.74 Å². The molecule has 5 heteroatoms. The van der Waals surface area contributed by atoms with E-state index in [1.54, 1.807) is 0 Å². The number of halogens is 2. The molecule has 0 amide bonds. The molecule has 0 radical (unpaired) electrons. The van der Waals surface area contributed by atoms with Gasteiger partial charge in [0.1, 0.15) is 11.6 Å². The molecular formula is C17H16F2O2S. The summed E-state index contributed by atoms with van der Waals surface area (Å²) in [6, 6.07) is 12.8. The van der Waals surface area contributed by atoms with E-state index < -0.39 is 11.6 Å². The van der Waals surface area contributed by atoms with Gasteiger partial charge < -0.3 is 4.74 Å². The van der Waals surface area contributed by atoms with Crippen molar-refractivity contribution in [2.45, 2.75) is 6.61 Å². The number of rotatable bonds is 8. The van der Waals surface area contributed by atoms with Crippen LogP contribution >= 0.6 is 11.8 Å². The van der Waals surface area contributed by atoms with E-state index in [0.29, 0.717) is 19.0 Å². The minimum Gasteiger partial charge on any atom is -0.376 e. The number of thioether (sulfide) groups is 1. The van der Waals surface area contributed by atoms with E-state index >= 15 is 0 Å². The van der Waals surface area contributed by atoms with Crippen LogP contribution in [0.2, 0.25) is 0 Å². The highest BCUT2D eigenvalue weighted by molar-refractivity contribution is 8.00. The Balaban J connectivity index is 1.65. The van der Waals surface area contributed by atoms with Gasteiger partial charge in [-0.25, -0.2) is 8.78 Å². The fourth-order valence-corrected chi connectivity index (χ4v) is 2.56. The smallest absolute Gasteiger partial charge is 0.175 e. The third kappa shape index (κ3) is 5.24. The molecule has 0 unspecified atom stereocenters. The molecule has 0 aromatic heterocycles. The summed E-state index contributed by atoms with van der Waals surface area (Å²) < 4.78 is 31.7. The highest BCUT2D eigenvalue weighted by Gasteiger charge is 2.12. The normalized spacial score (nSPS) is 10.6. The lowest BCUT2D eigenvalue weighted by atomic mass is 10.1. The average molecular weight is 322 g/mol. The van der Waals surface area contributed by atoms with E-state index in [1.807, 2.05) is 30.3 Å². The Morgan fingerprint density at radius 2 is 1.86 bits per heavy atom. The Labute approximate surface area is 132 Å². The second kappa shape index (κ2) is 8.66. The Hall–Kier alpha value is -1.72. The Morgan fingerprint density at radius 3 is 2.59 bits per heavy atom. The van der Waals surface area contributed by atoms with Gasteiger partial charge in [-0.2, -0.15) is 11.8 Å². The molecule has 0 atom stereocenters. The van der Waals surface area contributed by atoms with E-state index in [1.165, 1.54) is 17.8 Å². The Kier molecular flexibility index (Phi) is 6.55. The van der Waals surface area contributed by atoms with Gasteiger partial charge >= 0.3 is 0 Å². The van der Waals surface area contributed by atoms with Gasteiger partial charge in [-0.3, -0.25) is 4.79 Å². The highest BCUT2D eigenvalue weighted by atomic mass is 32.2. The molecule has 0 fully saturated rings. The van der Waals surface area contributed by atoms with Crippen LogP contribution in [0, 0.1) is 11.6 Å². The third-order valence-electron chi connectivity index (χ3n) is 2.95. The number of hydrogen-bond acceptors (Lipinski definition) is 3. The molecule has 0 spiro atoms. The molecule has 2 aromatic carbocycles. The van der Waals surface area contributed by atoms with Crippen molar-refractivity contribution in [3.8, 4) is 0 Å². The molecule has 0 heterocycles. The predicted molar refractivity (Wildman–Crippen MR) is 84.1 cm³/mol. The molecule has 0 saturated carbocycles. The first-order chi connectivity index (χ1) is 10.7. The number of carbonyl (C=O) groups is 1. The average Bonchev–Trinajstić information content (AvgIpc) is 2.51. The van der Waals surface area contributed by atoms with Gasteiger partial charge in [-0.05, 0) is 17.7 Å². The lowest BCUT2D eigenvalue weighted by Crippen LogP contribution is -2.07. The van der Waals surface area contributed by atoms with Crippen LogP contribution in [0.15, 0.2) is 48.5 Å². The lowest BCUT2D eigenvalue weighted by Gasteiger charge is -2.05. The molecular weight excluding hydrogens is 306 g/mol. The molecule has 2 aromatic rings. The highest BCUT2D eigenvalue weighted by Crippen LogP contribution is 2.13. The van der Waals surface area contributed by atoms with Crippen molar-refractivity contribution in [2.75, 3.05) is 18.1 Å². The van der Waals surface area contributed by atoms with Gasteiger partial charge in [-0.1, -0.05) is 30.3 Å². The minimum absolute atomic E-state index is 0.0703.